The zero-order valence-corrected chi connectivity index (χ0v) is 11.6. The van der Waals surface area contributed by atoms with Crippen molar-refractivity contribution in [3.63, 3.8) is 0 Å². The van der Waals surface area contributed by atoms with Crippen LogP contribution in [0, 0.1) is 11.8 Å². The molecule has 2 fully saturated rings. The first-order valence-corrected chi connectivity index (χ1v) is 7.32. The van der Waals surface area contributed by atoms with Gasteiger partial charge in [-0.15, -0.1) is 0 Å². The molecule has 0 aromatic carbocycles. The maximum atomic E-state index is 12.3. The van der Waals surface area contributed by atoms with Crippen LogP contribution in [0.2, 0.25) is 0 Å². The Kier molecular flexibility index (Phi) is 4.80. The summed E-state index contributed by atoms with van der Waals surface area (Å²) in [5.74, 6) is -0.0574. The summed E-state index contributed by atoms with van der Waals surface area (Å²) in [5, 5.41) is 12.1. The Bertz CT molecular complexity index is 340. The fourth-order valence-electron chi connectivity index (χ4n) is 3.23. The normalized spacial score (nSPS) is 29.2. The molecule has 108 valence electrons. The summed E-state index contributed by atoms with van der Waals surface area (Å²) < 4.78 is 0. The van der Waals surface area contributed by atoms with Gasteiger partial charge in [0.15, 0.2) is 0 Å². The first kappa shape index (κ1) is 14.3. The van der Waals surface area contributed by atoms with Gasteiger partial charge in [-0.3, -0.25) is 9.59 Å². The van der Waals surface area contributed by atoms with Gasteiger partial charge in [0.25, 0.3) is 0 Å². The van der Waals surface area contributed by atoms with E-state index in [2.05, 4.69) is 5.32 Å². The van der Waals surface area contributed by atoms with E-state index in [0.717, 1.165) is 45.3 Å². The number of aliphatic carboxylic acids is 1. The van der Waals surface area contributed by atoms with Crippen LogP contribution in [0.15, 0.2) is 0 Å². The van der Waals surface area contributed by atoms with E-state index in [1.807, 2.05) is 11.8 Å². The highest BCUT2D eigenvalue weighted by Gasteiger charge is 2.32. The first-order chi connectivity index (χ1) is 9.08. The molecule has 2 aliphatic heterocycles. The molecule has 0 spiro atoms. The molecule has 2 N–H and O–H groups in total. The Labute approximate surface area is 114 Å². The van der Waals surface area contributed by atoms with Crippen molar-refractivity contribution in [3.8, 4) is 0 Å². The summed E-state index contributed by atoms with van der Waals surface area (Å²) in [7, 11) is 0. The third-order valence-electron chi connectivity index (χ3n) is 4.43. The highest BCUT2D eigenvalue weighted by molar-refractivity contribution is 5.82. The van der Waals surface area contributed by atoms with Crippen molar-refractivity contribution in [1.29, 1.82) is 0 Å². The lowest BCUT2D eigenvalue weighted by molar-refractivity contribution is -0.138. The van der Waals surface area contributed by atoms with Crippen LogP contribution >= 0.6 is 0 Å². The molecular formula is C14H24N2O3. The van der Waals surface area contributed by atoms with E-state index in [4.69, 9.17) is 5.11 Å². The molecule has 2 heterocycles. The number of hydrogen-bond donors (Lipinski definition) is 2. The monoisotopic (exact) mass is 268 g/mol. The van der Waals surface area contributed by atoms with E-state index in [1.54, 1.807) is 0 Å². The zero-order valence-electron chi connectivity index (χ0n) is 11.6. The molecule has 0 aromatic rings. The number of carboxylic acid groups (broad SMARTS) is 1. The van der Waals surface area contributed by atoms with Gasteiger partial charge in [0.05, 0.1) is 6.04 Å². The first-order valence-electron chi connectivity index (χ1n) is 7.32. The van der Waals surface area contributed by atoms with Crippen LogP contribution in [0.3, 0.4) is 0 Å². The number of rotatable bonds is 4. The molecule has 2 aliphatic rings. The lowest BCUT2D eigenvalue weighted by Crippen LogP contribution is -2.48. The Morgan fingerprint density at radius 3 is 2.79 bits per heavy atom. The maximum absolute atomic E-state index is 12.3. The molecule has 1 amide bonds. The Morgan fingerprint density at radius 1 is 1.37 bits per heavy atom. The minimum atomic E-state index is -0.742. The van der Waals surface area contributed by atoms with Gasteiger partial charge in [-0.2, -0.15) is 0 Å². The van der Waals surface area contributed by atoms with Crippen LogP contribution < -0.4 is 5.32 Å². The van der Waals surface area contributed by atoms with Crippen LogP contribution in [0.25, 0.3) is 0 Å². The Morgan fingerprint density at radius 2 is 2.16 bits per heavy atom. The third-order valence-corrected chi connectivity index (χ3v) is 4.43. The SMILES string of the molecule is CC(CC(=O)O)C1CCCN(C(=O)[C@H]2CCCN2)C1. The summed E-state index contributed by atoms with van der Waals surface area (Å²) in [6, 6.07) is -0.00599. The molecule has 0 aliphatic carbocycles. The van der Waals surface area contributed by atoms with Crippen molar-refractivity contribution < 1.29 is 14.7 Å². The van der Waals surface area contributed by atoms with Crippen molar-refractivity contribution in [3.05, 3.63) is 0 Å². The largest absolute Gasteiger partial charge is 0.481 e. The summed E-state index contributed by atoms with van der Waals surface area (Å²) >= 11 is 0. The van der Waals surface area contributed by atoms with Crippen LogP contribution in [0.4, 0.5) is 0 Å². The van der Waals surface area contributed by atoms with E-state index in [9.17, 15) is 9.59 Å². The van der Waals surface area contributed by atoms with Crippen LogP contribution in [0.5, 0.6) is 0 Å². The molecule has 3 atom stereocenters. The highest BCUT2D eigenvalue weighted by Crippen LogP contribution is 2.27. The lowest BCUT2D eigenvalue weighted by Gasteiger charge is -2.36. The van der Waals surface area contributed by atoms with E-state index in [1.165, 1.54) is 0 Å². The number of carboxylic acids is 1. The molecule has 0 radical (unpaired) electrons. The average Bonchev–Trinajstić information content (AvgIpc) is 2.91. The van der Waals surface area contributed by atoms with Crippen molar-refractivity contribution in [2.75, 3.05) is 19.6 Å². The lowest BCUT2D eigenvalue weighted by atomic mass is 9.84. The molecule has 5 nitrogen and oxygen atoms in total. The van der Waals surface area contributed by atoms with E-state index < -0.39 is 5.97 Å². The number of carbonyl (C=O) groups excluding carboxylic acids is 1. The maximum Gasteiger partial charge on any atom is 0.303 e. The van der Waals surface area contributed by atoms with Gasteiger partial charge in [0, 0.05) is 19.5 Å². The van der Waals surface area contributed by atoms with Crippen molar-refractivity contribution >= 4 is 11.9 Å². The standard InChI is InChI=1S/C14H24N2O3/c1-10(8-13(17)18)11-4-3-7-16(9-11)14(19)12-5-2-6-15-12/h10-12,15H,2-9H2,1H3,(H,17,18)/t10?,11?,12-/m1/s1. The quantitative estimate of drug-likeness (QED) is 0.800. The molecule has 19 heavy (non-hydrogen) atoms. The number of carbonyl (C=O) groups is 2. The van der Waals surface area contributed by atoms with Crippen LogP contribution in [-0.2, 0) is 9.59 Å². The number of likely N-dealkylation sites (tertiary alicyclic amines) is 1. The number of amides is 1. The Balaban J connectivity index is 1.89. The zero-order chi connectivity index (χ0) is 13.8. The Hall–Kier alpha value is -1.10. The van der Waals surface area contributed by atoms with E-state index in [-0.39, 0.29) is 24.3 Å². The second-order valence-electron chi connectivity index (χ2n) is 5.91. The van der Waals surface area contributed by atoms with Gasteiger partial charge < -0.3 is 15.3 Å². The van der Waals surface area contributed by atoms with Crippen molar-refractivity contribution in [1.82, 2.24) is 10.2 Å². The van der Waals surface area contributed by atoms with Gasteiger partial charge in [-0.05, 0) is 44.1 Å². The number of hydrogen-bond acceptors (Lipinski definition) is 3. The van der Waals surface area contributed by atoms with Crippen molar-refractivity contribution in [2.24, 2.45) is 11.8 Å². The average molecular weight is 268 g/mol. The summed E-state index contributed by atoms with van der Waals surface area (Å²) in [5.41, 5.74) is 0. The highest BCUT2D eigenvalue weighted by atomic mass is 16.4. The number of piperidine rings is 1. The van der Waals surface area contributed by atoms with E-state index in [0.29, 0.717) is 5.92 Å². The molecule has 0 aromatic heterocycles. The molecule has 2 unspecified atom stereocenters. The van der Waals surface area contributed by atoms with Gasteiger partial charge >= 0.3 is 5.97 Å². The van der Waals surface area contributed by atoms with E-state index >= 15 is 0 Å². The smallest absolute Gasteiger partial charge is 0.303 e. The summed E-state index contributed by atoms with van der Waals surface area (Å²) in [4.78, 5) is 25.1. The predicted octanol–water partition coefficient (Wildman–Crippen LogP) is 1.09. The number of nitrogens with zero attached hydrogens (tertiary/aromatic N) is 1. The van der Waals surface area contributed by atoms with Gasteiger partial charge in [0.1, 0.15) is 0 Å². The molecule has 2 rings (SSSR count). The van der Waals surface area contributed by atoms with Crippen LogP contribution in [-0.4, -0.2) is 47.6 Å². The molecule has 2 saturated heterocycles. The van der Waals surface area contributed by atoms with Crippen LogP contribution in [0.1, 0.15) is 39.0 Å². The molecule has 5 heteroatoms. The topological polar surface area (TPSA) is 69.6 Å². The second-order valence-corrected chi connectivity index (χ2v) is 5.91. The fraction of sp³-hybridized carbons (Fsp3) is 0.857. The van der Waals surface area contributed by atoms with Gasteiger partial charge in [-0.1, -0.05) is 6.92 Å². The summed E-state index contributed by atoms with van der Waals surface area (Å²) in [6.45, 7) is 4.47. The van der Waals surface area contributed by atoms with Gasteiger partial charge in [-0.25, -0.2) is 0 Å². The van der Waals surface area contributed by atoms with Crippen molar-refractivity contribution in [2.45, 2.75) is 45.1 Å². The minimum Gasteiger partial charge on any atom is -0.481 e. The predicted molar refractivity (Wildman–Crippen MR) is 71.7 cm³/mol. The summed E-state index contributed by atoms with van der Waals surface area (Å²) in [6.07, 6.45) is 4.24. The molecule has 0 saturated carbocycles. The number of nitrogens with one attached hydrogen (secondary N) is 1. The second kappa shape index (κ2) is 6.37. The fourth-order valence-corrected chi connectivity index (χ4v) is 3.23. The third kappa shape index (κ3) is 3.69. The molecule has 0 bridgehead atoms. The van der Waals surface area contributed by atoms with Gasteiger partial charge in [0.2, 0.25) is 5.91 Å². The molecular weight excluding hydrogens is 244 g/mol. The minimum absolute atomic E-state index is 0.00599.